The molecule has 37 heavy (non-hydrogen) atoms. The Morgan fingerprint density at radius 2 is 1.41 bits per heavy atom. The van der Waals surface area contributed by atoms with Crippen molar-refractivity contribution in [2.24, 2.45) is 5.92 Å². The molecule has 3 aromatic rings. The van der Waals surface area contributed by atoms with Crippen LogP contribution >= 0.6 is 0 Å². The molecule has 1 fully saturated rings. The van der Waals surface area contributed by atoms with Gasteiger partial charge in [-0.3, -0.25) is 0 Å². The molecule has 0 aromatic heterocycles. The molecule has 192 valence electrons. The van der Waals surface area contributed by atoms with Crippen LogP contribution in [-0.2, 0) is 0 Å². The number of carbonyl (C=O) groups excluding carboxylic acids is 1. The number of benzene rings is 3. The van der Waals surface area contributed by atoms with Crippen molar-refractivity contribution in [3.63, 3.8) is 0 Å². The Bertz CT molecular complexity index is 1320. The summed E-state index contributed by atoms with van der Waals surface area (Å²) in [4.78, 5) is 11.9. The molecule has 1 aliphatic carbocycles. The number of ether oxygens (including phenoxy) is 1. The molecular weight excluding hydrogens is 477 g/mol. The Labute approximate surface area is 216 Å². The van der Waals surface area contributed by atoms with Gasteiger partial charge in [0.15, 0.2) is 0 Å². The van der Waals surface area contributed by atoms with E-state index in [1.165, 1.54) is 18.2 Å². The molecule has 1 aliphatic rings. The molecule has 0 amide bonds. The van der Waals surface area contributed by atoms with Gasteiger partial charge in [0, 0.05) is 7.49 Å². The quantitative estimate of drug-likeness (QED) is 0.267. The number of aryl methyl sites for hydroxylation is 2. The van der Waals surface area contributed by atoms with Crippen LogP contribution in [0.5, 0.6) is 5.75 Å². The highest BCUT2D eigenvalue weighted by Crippen LogP contribution is 2.36. The van der Waals surface area contributed by atoms with Crippen LogP contribution in [0.3, 0.4) is 0 Å². The van der Waals surface area contributed by atoms with Crippen molar-refractivity contribution in [3.05, 3.63) is 99.4 Å². The van der Waals surface area contributed by atoms with Crippen LogP contribution in [0.25, 0.3) is 0 Å². The molecule has 0 heterocycles. The van der Waals surface area contributed by atoms with E-state index >= 15 is 0 Å². The Morgan fingerprint density at radius 1 is 0.865 bits per heavy atom. The highest BCUT2D eigenvalue weighted by molar-refractivity contribution is 5.91. The topological polar surface area (TPSA) is 73.9 Å². The molecule has 0 atom stereocenters. The van der Waals surface area contributed by atoms with Crippen LogP contribution in [0.15, 0.2) is 48.5 Å². The van der Waals surface area contributed by atoms with E-state index in [-0.39, 0.29) is 18.7 Å². The van der Waals surface area contributed by atoms with E-state index in [0.29, 0.717) is 22.6 Å². The maximum atomic E-state index is 13.6. The lowest BCUT2D eigenvalue weighted by Gasteiger charge is -2.26. The van der Waals surface area contributed by atoms with Crippen LogP contribution < -0.4 is 4.74 Å². The largest absolute Gasteiger partial charge is 0.423 e. The lowest BCUT2D eigenvalue weighted by atomic mass is 9.79. The van der Waals surface area contributed by atoms with Crippen LogP contribution in [-0.4, -0.2) is 5.97 Å². The van der Waals surface area contributed by atoms with Crippen LogP contribution in [0, 0.1) is 59.9 Å². The zero-order valence-electron chi connectivity index (χ0n) is 20.9. The number of halogens is 3. The minimum absolute atomic E-state index is 0. The monoisotopic (exact) mass is 506 g/mol. The predicted molar refractivity (Wildman–Crippen MR) is 136 cm³/mol. The number of hydrogen-bond donors (Lipinski definition) is 0. The van der Waals surface area contributed by atoms with Gasteiger partial charge < -0.3 is 4.74 Å². The molecule has 0 saturated heterocycles. The zero-order valence-corrected chi connectivity index (χ0v) is 20.9. The fourth-order valence-corrected chi connectivity index (χ4v) is 4.30. The molecule has 7 heteroatoms. The summed E-state index contributed by atoms with van der Waals surface area (Å²) in [5, 5.41) is 17.4. The third-order valence-electron chi connectivity index (χ3n) is 6.53. The molecule has 4 nitrogen and oxygen atoms in total. The van der Waals surface area contributed by atoms with E-state index in [9.17, 15) is 18.0 Å². The summed E-state index contributed by atoms with van der Waals surface area (Å²) in [6.07, 6.45) is 4.17. The van der Waals surface area contributed by atoms with Gasteiger partial charge in [0.1, 0.15) is 40.9 Å². The molecule has 1 saturated carbocycles. The first-order valence-corrected chi connectivity index (χ1v) is 12.0. The summed E-state index contributed by atoms with van der Waals surface area (Å²) in [6, 6.07) is 15.3. The van der Waals surface area contributed by atoms with Crippen LogP contribution in [0.4, 0.5) is 13.2 Å². The minimum Gasteiger partial charge on any atom is -0.423 e. The summed E-state index contributed by atoms with van der Waals surface area (Å²) in [6.45, 7) is 5.70. The van der Waals surface area contributed by atoms with E-state index in [1.54, 1.807) is 43.3 Å². The van der Waals surface area contributed by atoms with Gasteiger partial charge >= 0.3 is 5.97 Å². The van der Waals surface area contributed by atoms with E-state index in [2.05, 4.69) is 6.92 Å². The van der Waals surface area contributed by atoms with Gasteiger partial charge in [-0.1, -0.05) is 37.5 Å². The van der Waals surface area contributed by atoms with Gasteiger partial charge in [0.05, 0.1) is 11.1 Å². The van der Waals surface area contributed by atoms with Gasteiger partial charge in [-0.05, 0) is 80.0 Å². The van der Waals surface area contributed by atoms with Gasteiger partial charge in [-0.2, -0.15) is 10.5 Å². The molecule has 4 rings (SSSR count). The van der Waals surface area contributed by atoms with Crippen molar-refractivity contribution >= 4 is 5.97 Å². The van der Waals surface area contributed by atoms with E-state index < -0.39 is 29.0 Å². The summed E-state index contributed by atoms with van der Waals surface area (Å²) in [5.41, 5.74) is 2.03. The number of nitrogens with zero attached hydrogens (tertiary/aromatic N) is 2. The number of esters is 1. The molecule has 0 bridgehead atoms. The maximum Gasteiger partial charge on any atom is 0.343 e. The van der Waals surface area contributed by atoms with Gasteiger partial charge in [-0.15, -0.1) is 0 Å². The second-order valence-electron chi connectivity index (χ2n) is 9.39. The lowest BCUT2D eigenvalue weighted by Crippen LogP contribution is -2.11. The van der Waals surface area contributed by atoms with Gasteiger partial charge in [-0.25, -0.2) is 18.0 Å². The van der Waals surface area contributed by atoms with Crippen molar-refractivity contribution in [2.45, 2.75) is 52.4 Å². The number of nitriles is 2. The smallest absolute Gasteiger partial charge is 0.343 e. The molecule has 0 aliphatic heterocycles. The molecular formula is C30H29F3N2O2. The predicted octanol–water partition coefficient (Wildman–Crippen LogP) is 7.91. The Hall–Kier alpha value is -4.10. The Balaban J connectivity index is 0.000000263. The van der Waals surface area contributed by atoms with Crippen molar-refractivity contribution in [3.8, 4) is 17.9 Å². The van der Waals surface area contributed by atoms with Gasteiger partial charge in [0.25, 0.3) is 0 Å². The summed E-state index contributed by atoms with van der Waals surface area (Å²) < 4.78 is 45.7. The average Bonchev–Trinajstić information content (AvgIpc) is 2.85. The van der Waals surface area contributed by atoms with Crippen molar-refractivity contribution in [1.82, 2.24) is 0 Å². The minimum atomic E-state index is -0.735. The molecule has 0 spiro atoms. The first-order chi connectivity index (χ1) is 17.6. The highest BCUT2D eigenvalue weighted by atomic mass is 19.1. The van der Waals surface area contributed by atoms with E-state index in [1.807, 2.05) is 6.92 Å². The molecule has 0 N–H and O–H groups in total. The zero-order chi connectivity index (χ0) is 27.1. The van der Waals surface area contributed by atoms with Crippen molar-refractivity contribution in [1.29, 1.82) is 10.5 Å². The average molecular weight is 507 g/mol. The SMILES string of the molecule is CC1CCC(c2cc(F)c(C#N)c(F)c2)CC1.Cc1ccc(C(=O)Oc2cc(C)c(C#N)c(F)c2)cc1.[HH]. The number of carbonyl (C=O) groups is 1. The summed E-state index contributed by atoms with van der Waals surface area (Å²) in [5.74, 6) is -1.69. The second-order valence-corrected chi connectivity index (χ2v) is 9.39. The lowest BCUT2D eigenvalue weighted by molar-refractivity contribution is 0.0734. The van der Waals surface area contributed by atoms with Crippen molar-refractivity contribution < 1.29 is 24.1 Å². The van der Waals surface area contributed by atoms with Crippen LogP contribution in [0.1, 0.15) is 78.1 Å². The standard InChI is InChI=1S/C16H12FNO2.C14H15F2N.H2/c1-10-3-5-12(6-4-10)16(19)20-13-7-11(2)14(9-18)15(17)8-13;1-9-2-4-10(5-3-9)11-6-13(15)12(8-17)14(16)7-11;/h3-8H,1-2H3;6-7,9-10H,2-5H2,1H3;1H. The maximum absolute atomic E-state index is 13.6. The number of rotatable bonds is 3. The first kappa shape index (κ1) is 27.5. The first-order valence-electron chi connectivity index (χ1n) is 12.0. The number of hydrogen-bond acceptors (Lipinski definition) is 4. The Morgan fingerprint density at radius 3 is 1.92 bits per heavy atom. The van der Waals surface area contributed by atoms with Crippen LogP contribution in [0.2, 0.25) is 0 Å². The molecule has 3 aromatic carbocycles. The summed E-state index contributed by atoms with van der Waals surface area (Å²) in [7, 11) is 0. The normalized spacial score (nSPS) is 16.5. The Kier molecular flexibility index (Phi) is 9.09. The summed E-state index contributed by atoms with van der Waals surface area (Å²) >= 11 is 0. The van der Waals surface area contributed by atoms with Crippen molar-refractivity contribution in [2.75, 3.05) is 0 Å². The third-order valence-corrected chi connectivity index (χ3v) is 6.53. The third kappa shape index (κ3) is 6.98. The second kappa shape index (κ2) is 12.2. The van der Waals surface area contributed by atoms with E-state index in [0.717, 1.165) is 37.3 Å². The van der Waals surface area contributed by atoms with Gasteiger partial charge in [0.2, 0.25) is 0 Å². The fourth-order valence-electron chi connectivity index (χ4n) is 4.30. The van der Waals surface area contributed by atoms with E-state index in [4.69, 9.17) is 15.3 Å². The molecule has 0 unspecified atom stereocenters. The highest BCUT2D eigenvalue weighted by Gasteiger charge is 2.22. The molecule has 0 radical (unpaired) electrons. The fraction of sp³-hybridized carbons (Fsp3) is 0.300.